The molecule has 0 aliphatic heterocycles. The first kappa shape index (κ1) is 15.3. The number of ether oxygens (including phenoxy) is 1. The largest absolute Gasteiger partial charge is 0.489 e. The number of hydrogen-bond donors (Lipinski definition) is 0. The first-order valence-electron chi connectivity index (χ1n) is 7.51. The third kappa shape index (κ3) is 3.43. The third-order valence-corrected chi connectivity index (χ3v) is 3.73. The number of nitrogens with zero attached hydrogens (tertiary/aromatic N) is 2. The van der Waals surface area contributed by atoms with Crippen LogP contribution in [0.3, 0.4) is 0 Å². The van der Waals surface area contributed by atoms with E-state index in [2.05, 4.69) is 12.1 Å². The minimum atomic E-state index is 0.361. The fraction of sp³-hybridized carbons (Fsp3) is 0.0476. The summed E-state index contributed by atoms with van der Waals surface area (Å²) < 4.78 is 5.77. The van der Waals surface area contributed by atoms with E-state index in [1.54, 1.807) is 18.2 Å². The Balaban J connectivity index is 1.70. The maximum absolute atomic E-state index is 9.09. The molecule has 0 aliphatic rings. The monoisotopic (exact) mass is 310 g/mol. The molecule has 0 spiro atoms. The van der Waals surface area contributed by atoms with Crippen molar-refractivity contribution in [1.29, 1.82) is 10.5 Å². The van der Waals surface area contributed by atoms with Crippen molar-refractivity contribution < 1.29 is 4.74 Å². The SMILES string of the molecule is N#Cc1ccc(-c2ccc(OCc3ccccc3C#N)cc2)cc1. The molecule has 114 valence electrons. The fourth-order valence-corrected chi connectivity index (χ4v) is 2.40. The van der Waals surface area contributed by atoms with Crippen LogP contribution in [0.4, 0.5) is 0 Å². The van der Waals surface area contributed by atoms with Crippen LogP contribution in [-0.4, -0.2) is 0 Å². The average Bonchev–Trinajstić information content (AvgIpc) is 2.67. The summed E-state index contributed by atoms with van der Waals surface area (Å²) in [6.45, 7) is 0.361. The molecule has 3 aromatic rings. The molecule has 3 aromatic carbocycles. The van der Waals surface area contributed by atoms with Crippen molar-refractivity contribution in [1.82, 2.24) is 0 Å². The van der Waals surface area contributed by atoms with E-state index >= 15 is 0 Å². The molecule has 0 atom stereocenters. The molecule has 3 rings (SSSR count). The molecule has 0 unspecified atom stereocenters. The molecule has 3 nitrogen and oxygen atoms in total. The average molecular weight is 310 g/mol. The Labute approximate surface area is 141 Å². The van der Waals surface area contributed by atoms with Gasteiger partial charge in [-0.05, 0) is 41.5 Å². The van der Waals surface area contributed by atoms with E-state index in [0.717, 1.165) is 22.4 Å². The highest BCUT2D eigenvalue weighted by Crippen LogP contribution is 2.23. The molecule has 0 heterocycles. The van der Waals surface area contributed by atoms with Gasteiger partial charge in [-0.2, -0.15) is 10.5 Å². The zero-order chi connectivity index (χ0) is 16.8. The standard InChI is InChI=1S/C21H14N2O/c22-13-16-5-7-17(8-6-16)18-9-11-21(12-10-18)24-15-20-4-2-1-3-19(20)14-23/h1-12H,15H2. The van der Waals surface area contributed by atoms with Crippen LogP contribution >= 0.6 is 0 Å². The van der Waals surface area contributed by atoms with Gasteiger partial charge in [0, 0.05) is 5.56 Å². The minimum Gasteiger partial charge on any atom is -0.489 e. The van der Waals surface area contributed by atoms with E-state index in [0.29, 0.717) is 17.7 Å². The van der Waals surface area contributed by atoms with Gasteiger partial charge in [0.15, 0.2) is 0 Å². The maximum atomic E-state index is 9.09. The van der Waals surface area contributed by atoms with Crippen LogP contribution in [0.25, 0.3) is 11.1 Å². The van der Waals surface area contributed by atoms with Gasteiger partial charge in [0.1, 0.15) is 12.4 Å². The quantitative estimate of drug-likeness (QED) is 0.703. The molecule has 0 saturated heterocycles. The highest BCUT2D eigenvalue weighted by atomic mass is 16.5. The molecule has 0 saturated carbocycles. The smallest absolute Gasteiger partial charge is 0.119 e. The molecular formula is C21H14N2O. The summed E-state index contributed by atoms with van der Waals surface area (Å²) in [7, 11) is 0. The summed E-state index contributed by atoms with van der Waals surface area (Å²) in [5, 5.41) is 17.9. The van der Waals surface area contributed by atoms with Gasteiger partial charge in [0.25, 0.3) is 0 Å². The van der Waals surface area contributed by atoms with Gasteiger partial charge in [0.2, 0.25) is 0 Å². The number of benzene rings is 3. The lowest BCUT2D eigenvalue weighted by Gasteiger charge is -2.08. The molecule has 0 aliphatic carbocycles. The van der Waals surface area contributed by atoms with Crippen molar-refractivity contribution in [2.75, 3.05) is 0 Å². The van der Waals surface area contributed by atoms with E-state index < -0.39 is 0 Å². The van der Waals surface area contributed by atoms with Gasteiger partial charge in [-0.25, -0.2) is 0 Å². The lowest BCUT2D eigenvalue weighted by Crippen LogP contribution is -1.97. The Hall–Kier alpha value is -3.56. The van der Waals surface area contributed by atoms with E-state index in [-0.39, 0.29) is 0 Å². The normalized spacial score (nSPS) is 9.75. The first-order valence-corrected chi connectivity index (χ1v) is 7.51. The second kappa shape index (κ2) is 7.13. The molecule has 0 fully saturated rings. The van der Waals surface area contributed by atoms with Crippen molar-refractivity contribution in [3.05, 3.63) is 89.5 Å². The zero-order valence-electron chi connectivity index (χ0n) is 12.9. The van der Waals surface area contributed by atoms with Crippen LogP contribution in [0.15, 0.2) is 72.8 Å². The Bertz CT molecular complexity index is 914. The summed E-state index contributed by atoms with van der Waals surface area (Å²) in [6.07, 6.45) is 0. The molecule has 0 amide bonds. The summed E-state index contributed by atoms with van der Waals surface area (Å²) in [6, 6.07) is 26.9. The Morgan fingerprint density at radius 2 is 1.33 bits per heavy atom. The van der Waals surface area contributed by atoms with Gasteiger partial charge in [0.05, 0.1) is 23.3 Å². The summed E-state index contributed by atoms with van der Waals surface area (Å²) in [4.78, 5) is 0. The summed E-state index contributed by atoms with van der Waals surface area (Å²) in [5.74, 6) is 0.750. The fourth-order valence-electron chi connectivity index (χ4n) is 2.40. The first-order chi connectivity index (χ1) is 11.8. The van der Waals surface area contributed by atoms with Crippen LogP contribution < -0.4 is 4.74 Å². The third-order valence-electron chi connectivity index (χ3n) is 3.73. The Morgan fingerprint density at radius 1 is 0.708 bits per heavy atom. The number of hydrogen-bond acceptors (Lipinski definition) is 3. The Morgan fingerprint density at radius 3 is 1.96 bits per heavy atom. The van der Waals surface area contributed by atoms with E-state index in [1.165, 1.54) is 0 Å². The van der Waals surface area contributed by atoms with Crippen LogP contribution in [0.2, 0.25) is 0 Å². The lowest BCUT2D eigenvalue weighted by molar-refractivity contribution is 0.306. The van der Waals surface area contributed by atoms with Crippen LogP contribution in [0.1, 0.15) is 16.7 Å². The van der Waals surface area contributed by atoms with E-state index in [1.807, 2.05) is 54.6 Å². The van der Waals surface area contributed by atoms with E-state index in [4.69, 9.17) is 15.3 Å². The Kier molecular flexibility index (Phi) is 4.56. The van der Waals surface area contributed by atoms with Gasteiger partial charge in [-0.15, -0.1) is 0 Å². The van der Waals surface area contributed by atoms with Gasteiger partial charge < -0.3 is 4.74 Å². The molecule has 0 radical (unpaired) electrons. The molecule has 0 aromatic heterocycles. The molecule has 3 heteroatoms. The number of rotatable bonds is 4. The second-order valence-corrected chi connectivity index (χ2v) is 5.27. The molecule has 0 N–H and O–H groups in total. The van der Waals surface area contributed by atoms with Crippen molar-refractivity contribution in [2.24, 2.45) is 0 Å². The van der Waals surface area contributed by atoms with Crippen molar-refractivity contribution in [2.45, 2.75) is 6.61 Å². The summed E-state index contributed by atoms with van der Waals surface area (Å²) in [5.41, 5.74) is 4.26. The van der Waals surface area contributed by atoms with Crippen molar-refractivity contribution in [3.8, 4) is 29.0 Å². The van der Waals surface area contributed by atoms with Gasteiger partial charge in [-0.1, -0.05) is 42.5 Å². The lowest BCUT2D eigenvalue weighted by atomic mass is 10.0. The predicted octanol–water partition coefficient (Wildman–Crippen LogP) is 4.68. The number of nitriles is 2. The zero-order valence-corrected chi connectivity index (χ0v) is 12.9. The second-order valence-electron chi connectivity index (χ2n) is 5.27. The predicted molar refractivity (Wildman–Crippen MR) is 92.1 cm³/mol. The highest BCUT2D eigenvalue weighted by Gasteiger charge is 2.03. The highest BCUT2D eigenvalue weighted by molar-refractivity contribution is 5.64. The van der Waals surface area contributed by atoms with Crippen molar-refractivity contribution in [3.63, 3.8) is 0 Å². The van der Waals surface area contributed by atoms with Crippen LogP contribution in [-0.2, 0) is 6.61 Å². The summed E-state index contributed by atoms with van der Waals surface area (Å²) >= 11 is 0. The van der Waals surface area contributed by atoms with Gasteiger partial charge >= 0.3 is 0 Å². The molecular weight excluding hydrogens is 296 g/mol. The molecule has 0 bridgehead atoms. The molecule has 24 heavy (non-hydrogen) atoms. The minimum absolute atomic E-state index is 0.361. The van der Waals surface area contributed by atoms with Crippen LogP contribution in [0.5, 0.6) is 5.75 Å². The van der Waals surface area contributed by atoms with Gasteiger partial charge in [-0.3, -0.25) is 0 Å². The van der Waals surface area contributed by atoms with Crippen LogP contribution in [0, 0.1) is 22.7 Å². The van der Waals surface area contributed by atoms with E-state index in [9.17, 15) is 0 Å². The van der Waals surface area contributed by atoms with Crippen molar-refractivity contribution >= 4 is 0 Å². The maximum Gasteiger partial charge on any atom is 0.119 e. The topological polar surface area (TPSA) is 56.8 Å².